The lowest BCUT2D eigenvalue weighted by Gasteiger charge is -2.29. The highest BCUT2D eigenvalue weighted by molar-refractivity contribution is 6.31. The quantitative estimate of drug-likeness (QED) is 0.809. The molecule has 3 nitrogen and oxygen atoms in total. The monoisotopic (exact) mass is 299 g/mol. The molecule has 0 saturated heterocycles. The fourth-order valence-electron chi connectivity index (χ4n) is 2.61. The third kappa shape index (κ3) is 2.57. The Balaban J connectivity index is 2.07. The smallest absolute Gasteiger partial charge is 0.258 e. The summed E-state index contributed by atoms with van der Waals surface area (Å²) in [5, 5.41) is 0.561. The zero-order valence-electron chi connectivity index (χ0n) is 11.6. The van der Waals surface area contributed by atoms with Crippen LogP contribution in [0.1, 0.15) is 21.5 Å². The number of Topliss-reactive ketones (excluding diaryl/α,β-unsaturated/α-hetero) is 1. The first-order chi connectivity index (χ1) is 10.1. The number of ketones is 1. The van der Waals surface area contributed by atoms with Crippen LogP contribution in [-0.4, -0.2) is 18.2 Å². The zero-order chi connectivity index (χ0) is 15.0. The van der Waals surface area contributed by atoms with Gasteiger partial charge >= 0.3 is 0 Å². The van der Waals surface area contributed by atoms with Gasteiger partial charge in [0.15, 0.2) is 5.78 Å². The summed E-state index contributed by atoms with van der Waals surface area (Å²) in [7, 11) is 0. The summed E-state index contributed by atoms with van der Waals surface area (Å²) in [6, 6.07) is 12.7. The van der Waals surface area contributed by atoms with Gasteiger partial charge in [-0.05, 0) is 36.2 Å². The van der Waals surface area contributed by atoms with E-state index in [0.29, 0.717) is 17.0 Å². The predicted molar refractivity (Wildman–Crippen MR) is 83.0 cm³/mol. The van der Waals surface area contributed by atoms with Crippen LogP contribution < -0.4 is 4.90 Å². The summed E-state index contributed by atoms with van der Waals surface area (Å²) >= 11 is 6.04. The molecule has 2 aromatic carbocycles. The number of amides is 1. The van der Waals surface area contributed by atoms with Gasteiger partial charge in [-0.25, -0.2) is 0 Å². The molecular formula is C17H14ClNO2. The van der Waals surface area contributed by atoms with Crippen molar-refractivity contribution in [3.8, 4) is 0 Å². The molecule has 2 aromatic rings. The molecule has 0 aromatic heterocycles. The molecule has 0 unspecified atom stereocenters. The summed E-state index contributed by atoms with van der Waals surface area (Å²) < 4.78 is 0. The van der Waals surface area contributed by atoms with Crippen molar-refractivity contribution in [3.63, 3.8) is 0 Å². The number of carbonyl (C=O) groups excluding carboxylic acids is 2. The van der Waals surface area contributed by atoms with E-state index < -0.39 is 0 Å². The van der Waals surface area contributed by atoms with Gasteiger partial charge in [-0.1, -0.05) is 35.9 Å². The van der Waals surface area contributed by atoms with E-state index in [-0.39, 0.29) is 18.2 Å². The fraction of sp³-hybridized carbons (Fsp3) is 0.176. The molecule has 4 heteroatoms. The molecule has 21 heavy (non-hydrogen) atoms. The van der Waals surface area contributed by atoms with Crippen LogP contribution in [0.5, 0.6) is 0 Å². The molecule has 0 spiro atoms. The van der Waals surface area contributed by atoms with Crippen molar-refractivity contribution in [2.24, 2.45) is 0 Å². The van der Waals surface area contributed by atoms with E-state index in [9.17, 15) is 9.59 Å². The van der Waals surface area contributed by atoms with E-state index in [1.54, 1.807) is 18.2 Å². The summed E-state index contributed by atoms with van der Waals surface area (Å²) in [6.45, 7) is 1.98. The summed E-state index contributed by atoms with van der Waals surface area (Å²) in [5.41, 5.74) is 3.08. The highest BCUT2D eigenvalue weighted by Gasteiger charge is 2.28. The van der Waals surface area contributed by atoms with Crippen molar-refractivity contribution in [1.29, 1.82) is 0 Å². The van der Waals surface area contributed by atoms with Gasteiger partial charge in [0.05, 0.1) is 6.54 Å². The average Bonchev–Trinajstić information content (AvgIpc) is 2.47. The van der Waals surface area contributed by atoms with Crippen molar-refractivity contribution in [2.45, 2.75) is 13.3 Å². The van der Waals surface area contributed by atoms with E-state index in [0.717, 1.165) is 16.8 Å². The third-order valence-corrected chi connectivity index (χ3v) is 3.92. The van der Waals surface area contributed by atoms with Crippen molar-refractivity contribution >= 4 is 29.0 Å². The molecule has 3 rings (SSSR count). The second-order valence-electron chi connectivity index (χ2n) is 5.19. The Morgan fingerprint density at radius 3 is 2.71 bits per heavy atom. The van der Waals surface area contributed by atoms with Crippen molar-refractivity contribution < 1.29 is 9.59 Å². The minimum Gasteiger partial charge on any atom is -0.301 e. The lowest BCUT2D eigenvalue weighted by molar-refractivity contribution is -0.117. The van der Waals surface area contributed by atoms with Crippen molar-refractivity contribution in [1.82, 2.24) is 0 Å². The van der Waals surface area contributed by atoms with Gasteiger partial charge in [0, 0.05) is 22.7 Å². The Labute approximate surface area is 128 Å². The third-order valence-electron chi connectivity index (χ3n) is 3.68. The Bertz CT molecular complexity index is 739. The maximum Gasteiger partial charge on any atom is 0.258 e. The molecule has 106 valence electrons. The van der Waals surface area contributed by atoms with Crippen LogP contribution in [0.3, 0.4) is 0 Å². The summed E-state index contributed by atoms with van der Waals surface area (Å²) in [6.07, 6.45) is 0.351. The number of carbonyl (C=O) groups is 2. The van der Waals surface area contributed by atoms with E-state index in [2.05, 4.69) is 0 Å². The van der Waals surface area contributed by atoms with Gasteiger partial charge in [0.1, 0.15) is 0 Å². The number of hydrogen-bond acceptors (Lipinski definition) is 2. The van der Waals surface area contributed by atoms with Crippen molar-refractivity contribution in [3.05, 3.63) is 64.2 Å². The molecule has 0 radical (unpaired) electrons. The van der Waals surface area contributed by atoms with Gasteiger partial charge < -0.3 is 4.90 Å². The Hall–Kier alpha value is -2.13. The normalized spacial score (nSPS) is 14.0. The highest BCUT2D eigenvalue weighted by Crippen LogP contribution is 2.30. The first-order valence-corrected chi connectivity index (χ1v) is 7.11. The van der Waals surface area contributed by atoms with E-state index in [1.165, 1.54) is 4.90 Å². The number of fused-ring (bicyclic) bond motifs is 1. The highest BCUT2D eigenvalue weighted by atomic mass is 35.5. The van der Waals surface area contributed by atoms with E-state index in [1.807, 2.05) is 31.2 Å². The molecule has 0 N–H and O–H groups in total. The number of benzene rings is 2. The topological polar surface area (TPSA) is 37.4 Å². The maximum absolute atomic E-state index is 12.8. The zero-order valence-corrected chi connectivity index (χ0v) is 12.4. The number of anilines is 1. The second-order valence-corrected chi connectivity index (χ2v) is 5.63. The molecular weight excluding hydrogens is 286 g/mol. The van der Waals surface area contributed by atoms with Crippen LogP contribution in [0.25, 0.3) is 0 Å². The van der Waals surface area contributed by atoms with Crippen LogP contribution >= 0.6 is 11.6 Å². The molecule has 0 atom stereocenters. The average molecular weight is 300 g/mol. The number of nitrogens with zero attached hydrogens (tertiary/aromatic N) is 1. The minimum atomic E-state index is -0.162. The molecule has 0 bridgehead atoms. The SMILES string of the molecule is Cc1ccccc1C(=O)N1CC(=O)Cc2ccc(Cl)cc21. The van der Waals surface area contributed by atoms with E-state index in [4.69, 9.17) is 11.6 Å². The van der Waals surface area contributed by atoms with Crippen LogP contribution in [0.15, 0.2) is 42.5 Å². The molecule has 0 fully saturated rings. The predicted octanol–water partition coefficient (Wildman–Crippen LogP) is 3.42. The van der Waals surface area contributed by atoms with Gasteiger partial charge in [0.25, 0.3) is 5.91 Å². The minimum absolute atomic E-state index is 0.0340. The van der Waals surface area contributed by atoms with Gasteiger partial charge in [0.2, 0.25) is 0 Å². The largest absolute Gasteiger partial charge is 0.301 e. The molecule has 0 aliphatic carbocycles. The second kappa shape index (κ2) is 5.34. The van der Waals surface area contributed by atoms with E-state index >= 15 is 0 Å². The number of halogens is 1. The molecule has 1 aliphatic heterocycles. The number of aryl methyl sites for hydroxylation is 1. The first kappa shape index (κ1) is 13.8. The van der Waals surface area contributed by atoms with Crippen LogP contribution in [0, 0.1) is 6.92 Å². The molecule has 0 saturated carbocycles. The molecule has 1 amide bonds. The maximum atomic E-state index is 12.8. The molecule has 1 heterocycles. The van der Waals surface area contributed by atoms with Gasteiger partial charge in [-0.2, -0.15) is 0 Å². The standard InChI is InChI=1S/C17H14ClNO2/c1-11-4-2-3-5-15(11)17(21)19-10-14(20)8-12-6-7-13(18)9-16(12)19/h2-7,9H,8,10H2,1H3. The Morgan fingerprint density at radius 1 is 1.19 bits per heavy atom. The van der Waals surface area contributed by atoms with Crippen molar-refractivity contribution in [2.75, 3.05) is 11.4 Å². The Kier molecular flexibility index (Phi) is 3.52. The first-order valence-electron chi connectivity index (χ1n) is 6.74. The number of hydrogen-bond donors (Lipinski definition) is 0. The summed E-state index contributed by atoms with van der Waals surface area (Å²) in [4.78, 5) is 26.2. The van der Waals surface area contributed by atoms with Crippen LogP contribution in [0.4, 0.5) is 5.69 Å². The van der Waals surface area contributed by atoms with Gasteiger partial charge in [-0.3, -0.25) is 9.59 Å². The fourth-order valence-corrected chi connectivity index (χ4v) is 2.77. The lowest BCUT2D eigenvalue weighted by Crippen LogP contribution is -2.40. The number of rotatable bonds is 1. The van der Waals surface area contributed by atoms with Crippen LogP contribution in [0.2, 0.25) is 5.02 Å². The van der Waals surface area contributed by atoms with Gasteiger partial charge in [-0.15, -0.1) is 0 Å². The van der Waals surface area contributed by atoms with Crippen LogP contribution in [-0.2, 0) is 11.2 Å². The molecule has 1 aliphatic rings. The Morgan fingerprint density at radius 2 is 1.95 bits per heavy atom. The summed E-state index contributed by atoms with van der Waals surface area (Å²) in [5.74, 6) is -0.128. The lowest BCUT2D eigenvalue weighted by atomic mass is 9.99.